The van der Waals surface area contributed by atoms with E-state index in [1.807, 2.05) is 27.7 Å². The second kappa shape index (κ2) is 18.5. The average Bonchev–Trinajstić information content (AvgIpc) is 3.94. The van der Waals surface area contributed by atoms with Crippen molar-refractivity contribution in [3.63, 3.8) is 0 Å². The highest BCUT2D eigenvalue weighted by Crippen LogP contribution is 2.43. The lowest BCUT2D eigenvalue weighted by Crippen LogP contribution is -2.50. The van der Waals surface area contributed by atoms with Crippen molar-refractivity contribution in [1.82, 2.24) is 10.6 Å². The predicted molar refractivity (Wildman–Crippen MR) is 181 cm³/mol. The van der Waals surface area contributed by atoms with Crippen LogP contribution in [0.25, 0.3) is 0 Å². The maximum atomic E-state index is 14.2. The van der Waals surface area contributed by atoms with Crippen LogP contribution in [0.4, 0.5) is 0 Å². The number of amides is 3. The third-order valence-corrected chi connectivity index (χ3v) is 10.1. The minimum atomic E-state index is -1.08. The number of epoxide rings is 2. The molecule has 2 aliphatic rings. The Morgan fingerprint density at radius 2 is 1.32 bits per heavy atom. The van der Waals surface area contributed by atoms with Gasteiger partial charge in [0, 0.05) is 22.9 Å². The summed E-state index contributed by atoms with van der Waals surface area (Å²) < 4.78 is 22.1. The van der Waals surface area contributed by atoms with Crippen LogP contribution in [0.2, 0.25) is 0 Å². The van der Waals surface area contributed by atoms with E-state index < -0.39 is 33.5 Å². The standard InChI is InChI=1S/C36H65N3O8/c1-9-12-14-16-35(7,15-13-10-2)30(41)38-25-39-31(42)36(8,24-33(4,5)32(43)47-23-28-22-46-28)18-26(19-44-20-27-21-45-27)17-34(6,11-3)29(37)40/h26-28H,9-25H2,1-8H3,(H2,37,40)(H,38,41)(H,39,42). The van der Waals surface area contributed by atoms with Crippen molar-refractivity contribution >= 4 is 23.7 Å². The third kappa shape index (κ3) is 13.7. The van der Waals surface area contributed by atoms with Crippen LogP contribution >= 0.6 is 0 Å². The Labute approximate surface area is 283 Å². The molecule has 2 fully saturated rings. The molecule has 3 amide bonds. The Kier molecular flexibility index (Phi) is 16.1. The largest absolute Gasteiger partial charge is 0.462 e. The van der Waals surface area contributed by atoms with Gasteiger partial charge in [-0.05, 0) is 58.3 Å². The fourth-order valence-corrected chi connectivity index (χ4v) is 6.55. The Hall–Kier alpha value is -2.24. The topological polar surface area (TPSA) is 162 Å². The Bertz CT molecular complexity index is 1030. The van der Waals surface area contributed by atoms with Gasteiger partial charge in [-0.3, -0.25) is 19.2 Å². The van der Waals surface area contributed by atoms with E-state index in [0.29, 0.717) is 45.7 Å². The molecule has 0 aliphatic carbocycles. The number of nitrogens with one attached hydrogen (secondary N) is 2. The number of nitrogens with two attached hydrogens (primary N) is 1. The second-order valence-electron chi connectivity index (χ2n) is 15.5. The maximum Gasteiger partial charge on any atom is 0.311 e. The van der Waals surface area contributed by atoms with Crippen LogP contribution in [0.5, 0.6) is 0 Å². The monoisotopic (exact) mass is 667 g/mol. The smallest absolute Gasteiger partial charge is 0.311 e. The number of esters is 1. The highest BCUT2D eigenvalue weighted by atomic mass is 16.6. The van der Waals surface area contributed by atoms with Gasteiger partial charge in [0.15, 0.2) is 0 Å². The number of hydrogen-bond donors (Lipinski definition) is 3. The van der Waals surface area contributed by atoms with E-state index in [0.717, 1.165) is 44.9 Å². The molecule has 47 heavy (non-hydrogen) atoms. The quantitative estimate of drug-likeness (QED) is 0.0501. The summed E-state index contributed by atoms with van der Waals surface area (Å²) in [6.45, 7) is 17.6. The van der Waals surface area contributed by atoms with Crippen molar-refractivity contribution in [3.8, 4) is 0 Å². The molecule has 0 aromatic rings. The molecule has 0 bridgehead atoms. The molecule has 0 aromatic carbocycles. The van der Waals surface area contributed by atoms with E-state index in [1.54, 1.807) is 13.8 Å². The summed E-state index contributed by atoms with van der Waals surface area (Å²) in [4.78, 5) is 53.4. The molecule has 11 heteroatoms. The van der Waals surface area contributed by atoms with Gasteiger partial charge in [0.25, 0.3) is 0 Å². The van der Waals surface area contributed by atoms with E-state index in [9.17, 15) is 19.2 Å². The number of rotatable bonds is 26. The van der Waals surface area contributed by atoms with Crippen LogP contribution in [0.15, 0.2) is 0 Å². The number of unbranched alkanes of at least 4 members (excludes halogenated alkanes) is 3. The zero-order chi connectivity index (χ0) is 35.3. The van der Waals surface area contributed by atoms with Gasteiger partial charge in [0.1, 0.15) is 18.8 Å². The summed E-state index contributed by atoms with van der Waals surface area (Å²) in [5.74, 6) is -1.39. The average molecular weight is 668 g/mol. The summed E-state index contributed by atoms with van der Waals surface area (Å²) in [5.41, 5.74) is 2.46. The lowest BCUT2D eigenvalue weighted by atomic mass is 9.66. The molecule has 2 saturated heterocycles. The number of primary amides is 1. The van der Waals surface area contributed by atoms with E-state index >= 15 is 0 Å². The van der Waals surface area contributed by atoms with Crippen molar-refractivity contribution in [1.29, 1.82) is 0 Å². The van der Waals surface area contributed by atoms with Gasteiger partial charge >= 0.3 is 5.97 Å². The van der Waals surface area contributed by atoms with Crippen LogP contribution in [0.3, 0.4) is 0 Å². The van der Waals surface area contributed by atoms with Crippen molar-refractivity contribution < 1.29 is 38.1 Å². The Morgan fingerprint density at radius 1 is 0.787 bits per heavy atom. The molecule has 2 heterocycles. The predicted octanol–water partition coefficient (Wildman–Crippen LogP) is 5.03. The highest BCUT2D eigenvalue weighted by Gasteiger charge is 2.46. The fourth-order valence-electron chi connectivity index (χ4n) is 6.55. The molecule has 2 aliphatic heterocycles. The van der Waals surface area contributed by atoms with Crippen molar-refractivity contribution in [2.75, 3.05) is 39.7 Å². The van der Waals surface area contributed by atoms with E-state index in [1.165, 1.54) is 0 Å². The molecule has 4 N–H and O–H groups in total. The first-order valence-corrected chi connectivity index (χ1v) is 17.9. The fraction of sp³-hybridized carbons (Fsp3) is 0.889. The molecule has 6 unspecified atom stereocenters. The molecule has 11 nitrogen and oxygen atoms in total. The van der Waals surface area contributed by atoms with Gasteiger partial charge in [0.05, 0.1) is 31.9 Å². The van der Waals surface area contributed by atoms with Gasteiger partial charge in [0.2, 0.25) is 17.7 Å². The molecule has 2 rings (SSSR count). The summed E-state index contributed by atoms with van der Waals surface area (Å²) in [6, 6.07) is 0. The Balaban J connectivity index is 2.26. The van der Waals surface area contributed by atoms with Gasteiger partial charge in [-0.15, -0.1) is 0 Å². The molecule has 0 aromatic heterocycles. The van der Waals surface area contributed by atoms with Gasteiger partial charge in [-0.2, -0.15) is 0 Å². The summed E-state index contributed by atoms with van der Waals surface area (Å²) in [7, 11) is 0. The first-order valence-electron chi connectivity index (χ1n) is 17.9. The SMILES string of the molecule is CCCCCC(C)(CCCC)C(=O)NCNC(=O)C(C)(CC(COCC1CO1)CC(C)(CC)C(N)=O)CC(C)(C)C(=O)OCC1CO1. The van der Waals surface area contributed by atoms with E-state index in [-0.39, 0.29) is 49.6 Å². The van der Waals surface area contributed by atoms with Crippen LogP contribution < -0.4 is 16.4 Å². The van der Waals surface area contributed by atoms with E-state index in [2.05, 4.69) is 24.5 Å². The zero-order valence-corrected chi connectivity index (χ0v) is 30.6. The zero-order valence-electron chi connectivity index (χ0n) is 30.6. The molecule has 0 spiro atoms. The minimum Gasteiger partial charge on any atom is -0.462 e. The third-order valence-electron chi connectivity index (χ3n) is 10.1. The number of carbonyl (C=O) groups is 4. The van der Waals surface area contributed by atoms with Crippen molar-refractivity contribution in [2.24, 2.45) is 33.3 Å². The lowest BCUT2D eigenvalue weighted by Gasteiger charge is -2.39. The minimum absolute atomic E-state index is 0.0270. The van der Waals surface area contributed by atoms with Crippen LogP contribution in [0, 0.1) is 27.6 Å². The first kappa shape index (κ1) is 40.9. The summed E-state index contributed by atoms with van der Waals surface area (Å²) in [6.07, 6.45) is 8.12. The lowest BCUT2D eigenvalue weighted by molar-refractivity contribution is -0.157. The van der Waals surface area contributed by atoms with Crippen LogP contribution in [0.1, 0.15) is 126 Å². The Morgan fingerprint density at radius 3 is 1.85 bits per heavy atom. The highest BCUT2D eigenvalue weighted by molar-refractivity contribution is 5.86. The number of carbonyl (C=O) groups excluding carboxylic acids is 4. The molecule has 272 valence electrons. The summed E-state index contributed by atoms with van der Waals surface area (Å²) in [5, 5.41) is 5.95. The summed E-state index contributed by atoms with van der Waals surface area (Å²) >= 11 is 0. The van der Waals surface area contributed by atoms with Crippen LogP contribution in [-0.2, 0) is 38.1 Å². The maximum absolute atomic E-state index is 14.2. The number of ether oxygens (including phenoxy) is 4. The van der Waals surface area contributed by atoms with Crippen LogP contribution in [-0.4, -0.2) is 75.6 Å². The van der Waals surface area contributed by atoms with Gasteiger partial charge in [-0.1, -0.05) is 73.6 Å². The first-order chi connectivity index (χ1) is 22.0. The molecular formula is C36H65N3O8. The molecular weight excluding hydrogens is 602 g/mol. The number of hydrogen-bond acceptors (Lipinski definition) is 8. The molecule has 0 saturated carbocycles. The second-order valence-corrected chi connectivity index (χ2v) is 15.5. The molecule has 6 atom stereocenters. The molecule has 0 radical (unpaired) electrons. The normalized spacial score (nSPS) is 21.8. The van der Waals surface area contributed by atoms with Crippen molar-refractivity contribution in [3.05, 3.63) is 0 Å². The van der Waals surface area contributed by atoms with Gasteiger partial charge in [-0.25, -0.2) is 0 Å². The van der Waals surface area contributed by atoms with Crippen molar-refractivity contribution in [2.45, 2.75) is 138 Å². The van der Waals surface area contributed by atoms with Gasteiger partial charge < -0.3 is 35.3 Å². The van der Waals surface area contributed by atoms with E-state index in [4.69, 9.17) is 24.7 Å².